The zero-order chi connectivity index (χ0) is 33.0. The smallest absolute Gasteiger partial charge is 0.414 e. The number of hydrogen-bond acceptors (Lipinski definition) is 8. The van der Waals surface area contributed by atoms with Gasteiger partial charge in [0.15, 0.2) is 0 Å². The van der Waals surface area contributed by atoms with E-state index in [2.05, 4.69) is 20.9 Å². The van der Waals surface area contributed by atoms with Crippen LogP contribution in [0.2, 0.25) is 0 Å². The Hall–Kier alpha value is -6.17. The molecule has 0 aromatic heterocycles. The van der Waals surface area contributed by atoms with Gasteiger partial charge in [-0.3, -0.25) is 10.6 Å². The Morgan fingerprint density at radius 3 is 1.60 bits per heavy atom. The van der Waals surface area contributed by atoms with Gasteiger partial charge in [0.05, 0.1) is 6.54 Å². The van der Waals surface area contributed by atoms with Crippen LogP contribution in [0.3, 0.4) is 0 Å². The molecule has 0 spiro atoms. The number of hydrogen-bond donors (Lipinski definition) is 4. The summed E-state index contributed by atoms with van der Waals surface area (Å²) >= 11 is 0. The topological polar surface area (TPSA) is 165 Å². The molecule has 4 N–H and O–H groups in total. The molecule has 0 radical (unpaired) electrons. The number of carboxylic acids is 1. The minimum Gasteiger partial charge on any atom is -0.480 e. The monoisotopic (exact) mass is 636 g/mol. The van der Waals surface area contributed by atoms with Crippen molar-refractivity contribution in [2.24, 2.45) is 4.99 Å². The number of alkyl carbamates (subject to hydrolysis) is 3. The predicted molar refractivity (Wildman–Crippen MR) is 171 cm³/mol. The van der Waals surface area contributed by atoms with E-state index in [-0.39, 0.29) is 25.7 Å². The minimum absolute atomic E-state index is 0.0235. The first-order valence-electron chi connectivity index (χ1n) is 14.7. The fraction of sp³-hybridized carbons (Fsp3) is 0.171. The normalized spacial score (nSPS) is 12.0. The number of rotatable bonds is 10. The van der Waals surface area contributed by atoms with E-state index in [1.165, 1.54) is 0 Å². The number of fused-ring (bicyclic) bond motifs is 3. The first kappa shape index (κ1) is 32.2. The average Bonchev–Trinajstić information content (AvgIpc) is 3.41. The molecule has 12 heteroatoms. The van der Waals surface area contributed by atoms with Crippen molar-refractivity contribution in [1.29, 1.82) is 0 Å². The van der Waals surface area contributed by atoms with Crippen LogP contribution < -0.4 is 16.0 Å². The van der Waals surface area contributed by atoms with Crippen molar-refractivity contribution in [3.63, 3.8) is 0 Å². The summed E-state index contributed by atoms with van der Waals surface area (Å²) < 4.78 is 15.8. The number of ether oxygens (including phenoxy) is 3. The molecule has 12 nitrogen and oxygen atoms in total. The van der Waals surface area contributed by atoms with E-state index in [1.807, 2.05) is 60.7 Å². The third-order valence-corrected chi connectivity index (χ3v) is 7.23. The van der Waals surface area contributed by atoms with Crippen LogP contribution in [0, 0.1) is 0 Å². The van der Waals surface area contributed by atoms with Crippen LogP contribution in [0.15, 0.2) is 114 Å². The maximum Gasteiger partial charge on any atom is 0.414 e. The molecule has 1 aliphatic carbocycles. The van der Waals surface area contributed by atoms with Gasteiger partial charge in [-0.25, -0.2) is 24.2 Å². The number of aliphatic carboxylic acids is 1. The van der Waals surface area contributed by atoms with Gasteiger partial charge >= 0.3 is 24.2 Å². The van der Waals surface area contributed by atoms with E-state index >= 15 is 0 Å². The first-order valence-corrected chi connectivity index (χ1v) is 14.7. The van der Waals surface area contributed by atoms with Crippen LogP contribution in [0.25, 0.3) is 11.1 Å². The number of benzene rings is 4. The highest BCUT2D eigenvalue weighted by molar-refractivity contribution is 6.01. The molecule has 0 saturated heterocycles. The zero-order valence-corrected chi connectivity index (χ0v) is 25.1. The van der Waals surface area contributed by atoms with E-state index in [0.29, 0.717) is 0 Å². The molecule has 3 amide bonds. The summed E-state index contributed by atoms with van der Waals surface area (Å²) in [7, 11) is 0. The molecule has 0 bridgehead atoms. The highest BCUT2D eigenvalue weighted by Crippen LogP contribution is 2.44. The molecule has 1 atom stereocenters. The number of carbonyl (C=O) groups is 4. The third kappa shape index (κ3) is 8.94. The summed E-state index contributed by atoms with van der Waals surface area (Å²) in [5.74, 6) is -2.08. The van der Waals surface area contributed by atoms with Gasteiger partial charge in [0, 0.05) is 5.92 Å². The van der Waals surface area contributed by atoms with Gasteiger partial charge in [-0.05, 0) is 33.4 Å². The Bertz CT molecular complexity index is 1640. The molecule has 4 aromatic rings. The van der Waals surface area contributed by atoms with Crippen LogP contribution in [0.1, 0.15) is 28.2 Å². The van der Waals surface area contributed by atoms with Gasteiger partial charge < -0.3 is 24.6 Å². The summed E-state index contributed by atoms with van der Waals surface area (Å²) in [4.78, 5) is 53.9. The molecule has 4 aromatic carbocycles. The molecule has 1 aliphatic rings. The number of aliphatic imine (C=N–C) groups is 1. The van der Waals surface area contributed by atoms with Crippen molar-refractivity contribution >= 4 is 30.2 Å². The van der Waals surface area contributed by atoms with Gasteiger partial charge in [-0.1, -0.05) is 109 Å². The standard InChI is InChI=1S/C35H32N4O8/c40-31(41)30(37-33(42)47-22-29-27-17-9-7-15-25(27)26-16-8-10-18-28(26)29)19-36-32(38-34(43)45-20-23-11-3-1-4-12-23)39-35(44)46-21-24-13-5-2-6-14-24/h1-18,29-30H,19-22H2,(H,37,42)(H,40,41)(H2,36,38,39,43,44)/t30-/m1/s1. The Balaban J connectivity index is 1.21. The molecule has 0 saturated carbocycles. The van der Waals surface area contributed by atoms with Gasteiger partial charge in [-0.15, -0.1) is 0 Å². The van der Waals surface area contributed by atoms with E-state index < -0.39 is 42.8 Å². The predicted octanol–water partition coefficient (Wildman–Crippen LogP) is 5.19. The lowest BCUT2D eigenvalue weighted by Gasteiger charge is -2.17. The lowest BCUT2D eigenvalue weighted by Crippen LogP contribution is -2.47. The van der Waals surface area contributed by atoms with Crippen molar-refractivity contribution in [2.75, 3.05) is 13.2 Å². The van der Waals surface area contributed by atoms with Crippen molar-refractivity contribution in [1.82, 2.24) is 16.0 Å². The quantitative estimate of drug-likeness (QED) is 0.105. The second kappa shape index (κ2) is 15.7. The molecule has 240 valence electrons. The first-order chi connectivity index (χ1) is 22.9. The van der Waals surface area contributed by atoms with Crippen molar-refractivity contribution in [3.05, 3.63) is 131 Å². The molecule has 5 rings (SSSR count). The number of nitrogens with zero attached hydrogens (tertiary/aromatic N) is 1. The number of guanidine groups is 1. The summed E-state index contributed by atoms with van der Waals surface area (Å²) in [6.45, 7) is -0.740. The van der Waals surface area contributed by atoms with Crippen molar-refractivity contribution < 1.29 is 38.5 Å². The Kier molecular flexibility index (Phi) is 10.8. The average molecular weight is 637 g/mol. The molecule has 0 fully saturated rings. The second-order valence-electron chi connectivity index (χ2n) is 10.4. The van der Waals surface area contributed by atoms with Crippen LogP contribution in [-0.4, -0.2) is 54.5 Å². The highest BCUT2D eigenvalue weighted by atomic mass is 16.6. The number of carbonyl (C=O) groups excluding carboxylic acids is 3. The van der Waals surface area contributed by atoms with Gasteiger partial charge in [0.2, 0.25) is 5.96 Å². The molecule has 0 aliphatic heterocycles. The molecule has 0 unspecified atom stereocenters. The van der Waals surface area contributed by atoms with Gasteiger partial charge in [0.25, 0.3) is 0 Å². The number of nitrogens with one attached hydrogen (secondary N) is 3. The second-order valence-corrected chi connectivity index (χ2v) is 10.4. The van der Waals surface area contributed by atoms with Crippen LogP contribution >= 0.6 is 0 Å². The Morgan fingerprint density at radius 2 is 1.11 bits per heavy atom. The maximum atomic E-state index is 12.8. The summed E-state index contributed by atoms with van der Waals surface area (Å²) in [5, 5.41) is 16.7. The van der Waals surface area contributed by atoms with Crippen LogP contribution in [0.5, 0.6) is 0 Å². The van der Waals surface area contributed by atoms with Gasteiger partial charge in [-0.2, -0.15) is 0 Å². The number of carboxylic acid groups (broad SMARTS) is 1. The Labute approximate surface area is 270 Å². The zero-order valence-electron chi connectivity index (χ0n) is 25.1. The molecule has 0 heterocycles. The van der Waals surface area contributed by atoms with Crippen molar-refractivity contribution in [3.8, 4) is 11.1 Å². The molecular weight excluding hydrogens is 604 g/mol. The summed E-state index contributed by atoms with van der Waals surface area (Å²) in [6, 6.07) is 31.8. The van der Waals surface area contributed by atoms with Gasteiger partial charge in [0.1, 0.15) is 25.9 Å². The fourth-order valence-electron chi connectivity index (χ4n) is 4.97. The van der Waals surface area contributed by atoms with E-state index in [9.17, 15) is 24.3 Å². The van der Waals surface area contributed by atoms with E-state index in [1.54, 1.807) is 48.5 Å². The Morgan fingerprint density at radius 1 is 0.638 bits per heavy atom. The van der Waals surface area contributed by atoms with E-state index in [0.717, 1.165) is 33.4 Å². The summed E-state index contributed by atoms with van der Waals surface area (Å²) in [6.07, 6.45) is -2.90. The molecule has 47 heavy (non-hydrogen) atoms. The maximum absolute atomic E-state index is 12.8. The van der Waals surface area contributed by atoms with Crippen molar-refractivity contribution in [2.45, 2.75) is 25.2 Å². The fourth-order valence-corrected chi connectivity index (χ4v) is 4.97. The summed E-state index contributed by atoms with van der Waals surface area (Å²) in [5.41, 5.74) is 5.53. The highest BCUT2D eigenvalue weighted by Gasteiger charge is 2.30. The van der Waals surface area contributed by atoms with Crippen LogP contribution in [-0.2, 0) is 32.2 Å². The van der Waals surface area contributed by atoms with Crippen LogP contribution in [0.4, 0.5) is 14.4 Å². The lowest BCUT2D eigenvalue weighted by atomic mass is 9.98. The SMILES string of the molecule is O=C(NC(=NC[C@@H](NC(=O)OCC1c2ccccc2-c2ccccc21)C(=O)O)NC(=O)OCc1ccccc1)OCc1ccccc1. The third-order valence-electron chi connectivity index (χ3n) is 7.23. The minimum atomic E-state index is -1.56. The largest absolute Gasteiger partial charge is 0.480 e. The lowest BCUT2D eigenvalue weighted by molar-refractivity contribution is -0.139. The van der Waals surface area contributed by atoms with E-state index in [4.69, 9.17) is 14.2 Å². The molecular formula is C35H32N4O8. The number of amides is 3.